The second-order valence-electron chi connectivity index (χ2n) is 8.05. The smallest absolute Gasteiger partial charge is 0.373 e. The van der Waals surface area contributed by atoms with E-state index in [-0.39, 0.29) is 28.6 Å². The summed E-state index contributed by atoms with van der Waals surface area (Å²) < 4.78 is 53.4. The Morgan fingerprint density at radius 2 is 1.97 bits per heavy atom. The molecule has 0 saturated carbocycles. The molecule has 0 saturated heterocycles. The van der Waals surface area contributed by atoms with Gasteiger partial charge in [-0.2, -0.15) is 13.2 Å². The molecule has 4 rings (SSSR count). The molecule has 0 spiro atoms. The van der Waals surface area contributed by atoms with E-state index in [0.29, 0.717) is 23.5 Å². The molecular weight excluding hydrogens is 516 g/mol. The number of carbonyl (C=O) groups is 2. The van der Waals surface area contributed by atoms with Crippen molar-refractivity contribution in [2.24, 2.45) is 0 Å². The summed E-state index contributed by atoms with van der Waals surface area (Å²) in [7, 11) is 1.72. The van der Waals surface area contributed by atoms with Gasteiger partial charge in [0.2, 0.25) is 0 Å². The number of hydrogen-bond acceptors (Lipinski definition) is 4. The number of hydrogen-bond donors (Lipinski definition) is 4. The highest BCUT2D eigenvalue weighted by atomic mass is 35.5. The number of amides is 4. The minimum Gasteiger partial charge on any atom is -0.373 e. The Kier molecular flexibility index (Phi) is 7.12. The molecule has 1 aliphatic rings. The van der Waals surface area contributed by atoms with Crippen molar-refractivity contribution >= 4 is 52.2 Å². The summed E-state index contributed by atoms with van der Waals surface area (Å²) in [6.07, 6.45) is -2.38. The molecule has 4 N–H and O–H groups in total. The molecule has 0 unspecified atom stereocenters. The molecule has 2 heterocycles. The number of halogens is 5. The van der Waals surface area contributed by atoms with Gasteiger partial charge in [-0.25, -0.2) is 19.0 Å². The Hall–Kier alpha value is -4.06. The lowest BCUT2D eigenvalue weighted by atomic mass is 10.0. The number of nitrogens with zero attached hydrogens (tertiary/aromatic N) is 2. The minimum atomic E-state index is -4.60. The highest BCUT2D eigenvalue weighted by Gasteiger charge is 2.31. The first kappa shape index (κ1) is 26.0. The fourth-order valence-electron chi connectivity index (χ4n) is 3.94. The zero-order chi connectivity index (χ0) is 26.9. The van der Waals surface area contributed by atoms with Crippen LogP contribution >= 0.6 is 11.6 Å². The molecule has 2 aromatic carbocycles. The lowest BCUT2D eigenvalue weighted by Gasteiger charge is -2.31. The summed E-state index contributed by atoms with van der Waals surface area (Å²) in [6.45, 7) is 2.00. The summed E-state index contributed by atoms with van der Waals surface area (Å²) in [6, 6.07) is 4.57. The molecule has 1 aliphatic heterocycles. The maximum atomic E-state index is 14.6. The van der Waals surface area contributed by atoms with Gasteiger partial charge in [-0.3, -0.25) is 4.90 Å². The van der Waals surface area contributed by atoms with Crippen LogP contribution in [-0.2, 0) is 19.1 Å². The van der Waals surface area contributed by atoms with E-state index < -0.39 is 29.6 Å². The number of carbonyl (C=O) groups excluding carboxylic acids is 2. The predicted octanol–water partition coefficient (Wildman–Crippen LogP) is 6.69. The highest BCUT2D eigenvalue weighted by molar-refractivity contribution is 6.34. The Morgan fingerprint density at radius 1 is 1.22 bits per heavy atom. The molecule has 0 bridgehead atoms. The largest absolute Gasteiger partial charge is 0.416 e. The molecule has 8 nitrogen and oxygen atoms in total. The van der Waals surface area contributed by atoms with E-state index in [2.05, 4.69) is 26.3 Å². The fraction of sp³-hybridized carbons (Fsp3) is 0.208. The normalized spacial score (nSPS) is 13.1. The first-order valence-corrected chi connectivity index (χ1v) is 11.4. The van der Waals surface area contributed by atoms with Crippen molar-refractivity contribution in [1.82, 2.24) is 4.98 Å². The van der Waals surface area contributed by atoms with Crippen LogP contribution in [0, 0.1) is 5.82 Å². The van der Waals surface area contributed by atoms with Gasteiger partial charge in [-0.15, -0.1) is 0 Å². The van der Waals surface area contributed by atoms with Gasteiger partial charge in [0.1, 0.15) is 11.6 Å². The van der Waals surface area contributed by atoms with Crippen molar-refractivity contribution in [3.8, 4) is 0 Å². The Bertz CT molecular complexity index is 1380. The first-order valence-electron chi connectivity index (χ1n) is 11.0. The number of anilines is 5. The van der Waals surface area contributed by atoms with Crippen molar-refractivity contribution in [2.75, 3.05) is 33.2 Å². The fourth-order valence-corrected chi connectivity index (χ4v) is 4.19. The van der Waals surface area contributed by atoms with Crippen LogP contribution < -0.4 is 26.2 Å². The summed E-state index contributed by atoms with van der Waals surface area (Å²) in [4.78, 5) is 31.0. The molecule has 0 fully saturated rings. The van der Waals surface area contributed by atoms with E-state index in [1.807, 2.05) is 6.92 Å². The Balaban J connectivity index is 1.58. The van der Waals surface area contributed by atoms with Crippen LogP contribution in [0.1, 0.15) is 23.6 Å². The molecule has 3 aromatic rings. The van der Waals surface area contributed by atoms with Crippen LogP contribution in [0.25, 0.3) is 0 Å². The predicted molar refractivity (Wildman–Crippen MR) is 134 cm³/mol. The number of aromatic nitrogens is 1. The molecule has 0 atom stereocenters. The topological polar surface area (TPSA) is 98.4 Å². The minimum absolute atomic E-state index is 0.0758. The number of rotatable bonds is 5. The highest BCUT2D eigenvalue weighted by Crippen LogP contribution is 2.38. The average Bonchev–Trinajstić information content (AvgIpc) is 2.84. The van der Waals surface area contributed by atoms with Crippen LogP contribution in [0.4, 0.5) is 55.7 Å². The molecule has 1 aromatic heterocycles. The maximum Gasteiger partial charge on any atom is 0.416 e. The Morgan fingerprint density at radius 3 is 2.65 bits per heavy atom. The third kappa shape index (κ3) is 5.38. The van der Waals surface area contributed by atoms with E-state index in [9.17, 15) is 27.2 Å². The molecule has 37 heavy (non-hydrogen) atoms. The first-order chi connectivity index (χ1) is 17.5. The van der Waals surface area contributed by atoms with Gasteiger partial charge < -0.3 is 21.3 Å². The molecule has 194 valence electrons. The lowest BCUT2D eigenvalue weighted by Crippen LogP contribution is -2.39. The molecule has 13 heteroatoms. The van der Waals surface area contributed by atoms with E-state index in [4.69, 9.17) is 11.6 Å². The van der Waals surface area contributed by atoms with Gasteiger partial charge in [-0.1, -0.05) is 24.6 Å². The van der Waals surface area contributed by atoms with Crippen LogP contribution in [0.5, 0.6) is 0 Å². The summed E-state index contributed by atoms with van der Waals surface area (Å²) in [5, 5.41) is 10.2. The number of nitrogens with one attached hydrogen (secondary N) is 4. The van der Waals surface area contributed by atoms with Crippen molar-refractivity contribution in [3.63, 3.8) is 0 Å². The van der Waals surface area contributed by atoms with Gasteiger partial charge in [-0.05, 0) is 36.8 Å². The number of fused-ring (bicyclic) bond motifs is 1. The molecular formula is C24H21ClF4N6O2. The summed E-state index contributed by atoms with van der Waals surface area (Å²) in [5.41, 5.74) is 0.828. The van der Waals surface area contributed by atoms with Gasteiger partial charge in [0.15, 0.2) is 0 Å². The third-order valence-corrected chi connectivity index (χ3v) is 5.98. The number of pyridine rings is 1. The number of alkyl halides is 3. The number of benzene rings is 2. The van der Waals surface area contributed by atoms with Crippen molar-refractivity contribution in [2.45, 2.75) is 26.1 Å². The average molecular weight is 537 g/mol. The van der Waals surface area contributed by atoms with Crippen LogP contribution in [0.3, 0.4) is 0 Å². The van der Waals surface area contributed by atoms with Crippen LogP contribution in [0.15, 0.2) is 42.6 Å². The van der Waals surface area contributed by atoms with Crippen molar-refractivity contribution in [1.29, 1.82) is 0 Å². The van der Waals surface area contributed by atoms with Crippen molar-refractivity contribution in [3.05, 3.63) is 70.1 Å². The van der Waals surface area contributed by atoms with E-state index in [1.165, 1.54) is 17.0 Å². The number of urea groups is 2. The molecule has 0 radical (unpaired) electrons. The van der Waals surface area contributed by atoms with Gasteiger partial charge in [0.05, 0.1) is 34.2 Å². The molecule has 4 amide bonds. The third-order valence-electron chi connectivity index (χ3n) is 5.68. The van der Waals surface area contributed by atoms with Crippen LogP contribution in [0.2, 0.25) is 5.02 Å². The maximum absolute atomic E-state index is 14.6. The SMILES string of the molecule is CCc1c(NC)ncc2c1NC(=O)N(c1cc(NC(=O)Nc3cccc(C(F)(F)F)c3)c(F)cc1Cl)C2. The zero-order valence-corrected chi connectivity index (χ0v) is 20.3. The van der Waals surface area contributed by atoms with E-state index >= 15 is 0 Å². The van der Waals surface area contributed by atoms with Gasteiger partial charge >= 0.3 is 18.2 Å². The second kappa shape index (κ2) is 10.1. The quantitative estimate of drug-likeness (QED) is 0.273. The van der Waals surface area contributed by atoms with Gasteiger partial charge in [0, 0.05) is 30.1 Å². The summed E-state index contributed by atoms with van der Waals surface area (Å²) in [5.74, 6) is -0.271. The second-order valence-corrected chi connectivity index (χ2v) is 8.45. The summed E-state index contributed by atoms with van der Waals surface area (Å²) >= 11 is 6.24. The van der Waals surface area contributed by atoms with E-state index in [0.717, 1.165) is 29.8 Å². The zero-order valence-electron chi connectivity index (χ0n) is 19.6. The van der Waals surface area contributed by atoms with Gasteiger partial charge in [0.25, 0.3) is 0 Å². The van der Waals surface area contributed by atoms with Crippen molar-refractivity contribution < 1.29 is 27.2 Å². The lowest BCUT2D eigenvalue weighted by molar-refractivity contribution is -0.137. The van der Waals surface area contributed by atoms with Crippen LogP contribution in [-0.4, -0.2) is 24.1 Å². The standard InChI is InChI=1S/C24H21ClF4N6O2/c1-3-15-20-12(10-31-21(15)30-2)11-35(23(37)34-20)19-9-18(17(26)8-16(19)25)33-22(36)32-14-6-4-5-13(7-14)24(27,28)29/h4-10H,3,11H2,1-2H3,(H,30,31)(H,34,37)(H2,32,33,36). The molecule has 0 aliphatic carbocycles. The Labute approximate surface area is 214 Å². The van der Waals surface area contributed by atoms with E-state index in [1.54, 1.807) is 13.2 Å². The monoisotopic (exact) mass is 536 g/mol.